The molecule has 0 unspecified atom stereocenters. The lowest BCUT2D eigenvalue weighted by Crippen LogP contribution is -2.52. The van der Waals surface area contributed by atoms with E-state index in [1.165, 1.54) is 0 Å². The maximum absolute atomic E-state index is 12.7. The fourth-order valence-corrected chi connectivity index (χ4v) is 4.26. The molecule has 158 valence electrons. The molecule has 27 heavy (non-hydrogen) atoms. The van der Waals surface area contributed by atoms with Crippen LogP contribution in [0.15, 0.2) is 4.99 Å². The van der Waals surface area contributed by atoms with Gasteiger partial charge < -0.3 is 19.9 Å². The zero-order valence-corrected chi connectivity index (χ0v) is 20.3. The average Bonchev–Trinajstić information content (AvgIpc) is 3.04. The molecule has 7 heteroatoms. The summed E-state index contributed by atoms with van der Waals surface area (Å²) in [4.78, 5) is 21.2. The number of carbonyl (C=O) groups excluding carboxylic acids is 1. The van der Waals surface area contributed by atoms with Gasteiger partial charge in [-0.2, -0.15) is 0 Å². The number of rotatable bonds is 4. The summed E-state index contributed by atoms with van der Waals surface area (Å²) >= 11 is 0. The zero-order chi connectivity index (χ0) is 19.4. The number of likely N-dealkylation sites (tertiary alicyclic amines) is 1. The molecular formula is C20H39IN4O2. The first-order valence-electron chi connectivity index (χ1n) is 10.0. The van der Waals surface area contributed by atoms with Crippen molar-refractivity contribution in [1.29, 1.82) is 0 Å². The van der Waals surface area contributed by atoms with Crippen molar-refractivity contribution in [2.45, 2.75) is 71.0 Å². The van der Waals surface area contributed by atoms with Gasteiger partial charge in [0.05, 0.1) is 17.1 Å². The molecule has 6 nitrogen and oxygen atoms in total. The maximum Gasteiger partial charge on any atom is 0.230 e. The molecule has 0 aromatic carbocycles. The molecule has 0 atom stereocenters. The number of carbonyl (C=O) groups is 1. The first kappa shape index (κ1) is 24.5. The summed E-state index contributed by atoms with van der Waals surface area (Å²) in [6.07, 6.45) is 6.55. The van der Waals surface area contributed by atoms with Gasteiger partial charge in [0.1, 0.15) is 0 Å². The smallest absolute Gasteiger partial charge is 0.230 e. The predicted molar refractivity (Wildman–Crippen MR) is 122 cm³/mol. The summed E-state index contributed by atoms with van der Waals surface area (Å²) in [5.41, 5.74) is -0.360. The van der Waals surface area contributed by atoms with E-state index in [0.29, 0.717) is 12.6 Å². The Labute approximate surface area is 182 Å². The lowest BCUT2D eigenvalue weighted by molar-refractivity contribution is -0.138. The Morgan fingerprint density at radius 1 is 1.22 bits per heavy atom. The van der Waals surface area contributed by atoms with Gasteiger partial charge in [0.2, 0.25) is 5.91 Å². The Bertz CT molecular complexity index is 503. The van der Waals surface area contributed by atoms with Crippen molar-refractivity contribution in [2.75, 3.05) is 40.8 Å². The molecule has 2 aliphatic rings. The molecular weight excluding hydrogens is 455 g/mol. The maximum atomic E-state index is 12.7. The molecule has 0 aromatic rings. The van der Waals surface area contributed by atoms with Gasteiger partial charge in [-0.1, -0.05) is 12.8 Å². The number of aliphatic imine (C=N–C) groups is 1. The van der Waals surface area contributed by atoms with Crippen LogP contribution in [0.4, 0.5) is 0 Å². The second-order valence-corrected chi connectivity index (χ2v) is 9.00. The van der Waals surface area contributed by atoms with Crippen molar-refractivity contribution in [3.8, 4) is 0 Å². The number of hydrogen-bond donors (Lipinski definition) is 1. The van der Waals surface area contributed by atoms with E-state index >= 15 is 0 Å². The summed E-state index contributed by atoms with van der Waals surface area (Å²) in [7, 11) is 5.55. The normalized spacial score (nSPS) is 21.0. The third kappa shape index (κ3) is 6.76. The molecule has 0 aromatic heterocycles. The van der Waals surface area contributed by atoms with Crippen molar-refractivity contribution in [3.63, 3.8) is 0 Å². The number of nitrogens with one attached hydrogen (secondary N) is 1. The van der Waals surface area contributed by atoms with E-state index < -0.39 is 0 Å². The summed E-state index contributed by atoms with van der Waals surface area (Å²) < 4.78 is 6.12. The van der Waals surface area contributed by atoms with E-state index in [9.17, 15) is 4.79 Å². The molecule has 1 saturated heterocycles. The van der Waals surface area contributed by atoms with Crippen LogP contribution in [0, 0.1) is 5.41 Å². The first-order chi connectivity index (χ1) is 12.2. The summed E-state index contributed by atoms with van der Waals surface area (Å²) in [6.45, 7) is 8.90. The molecule has 1 N–H and O–H groups in total. The van der Waals surface area contributed by atoms with Crippen LogP contribution in [0.2, 0.25) is 0 Å². The Morgan fingerprint density at radius 3 is 2.22 bits per heavy atom. The van der Waals surface area contributed by atoms with Gasteiger partial charge in [-0.25, -0.2) is 0 Å². The monoisotopic (exact) mass is 494 g/mol. The van der Waals surface area contributed by atoms with Crippen LogP contribution in [0.1, 0.15) is 59.3 Å². The highest BCUT2D eigenvalue weighted by molar-refractivity contribution is 14.0. The van der Waals surface area contributed by atoms with Crippen LogP contribution in [-0.4, -0.2) is 74.1 Å². The van der Waals surface area contributed by atoms with Gasteiger partial charge in [-0.05, 0) is 46.5 Å². The Kier molecular flexibility index (Phi) is 9.31. The van der Waals surface area contributed by atoms with E-state index in [2.05, 4.69) is 36.0 Å². The zero-order valence-electron chi connectivity index (χ0n) is 18.0. The standard InChI is InChI=1S/C20H38N4O2.HI/c1-19(2,3)26-16-9-13-24(14-10-16)18(21-4)22-15-20(11-7-8-12-20)17(25)23(5)6;/h16H,7-15H2,1-6H3,(H,21,22);1H. The minimum absolute atomic E-state index is 0. The van der Waals surface area contributed by atoms with Gasteiger partial charge in [0.15, 0.2) is 5.96 Å². The molecule has 1 heterocycles. The second kappa shape index (κ2) is 10.3. The lowest BCUT2D eigenvalue weighted by atomic mass is 9.84. The minimum atomic E-state index is -0.271. The number of amides is 1. The Balaban J connectivity index is 0.00000364. The van der Waals surface area contributed by atoms with Crippen LogP contribution >= 0.6 is 24.0 Å². The van der Waals surface area contributed by atoms with Gasteiger partial charge in [-0.15, -0.1) is 24.0 Å². The van der Waals surface area contributed by atoms with Crippen LogP contribution in [0.25, 0.3) is 0 Å². The highest BCUT2D eigenvalue weighted by Crippen LogP contribution is 2.39. The molecule has 0 spiro atoms. The van der Waals surface area contributed by atoms with Crippen molar-refractivity contribution in [1.82, 2.24) is 15.1 Å². The van der Waals surface area contributed by atoms with E-state index in [0.717, 1.165) is 57.6 Å². The number of hydrogen-bond acceptors (Lipinski definition) is 3. The van der Waals surface area contributed by atoms with Gasteiger partial charge >= 0.3 is 0 Å². The third-order valence-corrected chi connectivity index (χ3v) is 5.48. The Hall–Kier alpha value is -0.570. The number of guanidine groups is 1. The van der Waals surface area contributed by atoms with E-state index in [-0.39, 0.29) is 40.9 Å². The fourth-order valence-electron chi connectivity index (χ4n) is 4.26. The van der Waals surface area contributed by atoms with E-state index in [4.69, 9.17) is 4.74 Å². The fraction of sp³-hybridized carbons (Fsp3) is 0.900. The molecule has 0 bridgehead atoms. The Morgan fingerprint density at radius 2 is 1.78 bits per heavy atom. The number of halogens is 1. The van der Waals surface area contributed by atoms with Gasteiger partial charge in [0.25, 0.3) is 0 Å². The number of nitrogens with zero attached hydrogens (tertiary/aromatic N) is 3. The summed E-state index contributed by atoms with van der Waals surface area (Å²) in [5.74, 6) is 1.16. The van der Waals surface area contributed by atoms with Crippen LogP contribution in [0.3, 0.4) is 0 Å². The largest absolute Gasteiger partial charge is 0.372 e. The first-order valence-corrected chi connectivity index (χ1v) is 10.0. The average molecular weight is 494 g/mol. The van der Waals surface area contributed by atoms with E-state index in [1.807, 2.05) is 21.1 Å². The van der Waals surface area contributed by atoms with Crippen molar-refractivity contribution in [2.24, 2.45) is 10.4 Å². The summed E-state index contributed by atoms with van der Waals surface area (Å²) in [6, 6.07) is 0. The van der Waals surface area contributed by atoms with Crippen LogP contribution in [0.5, 0.6) is 0 Å². The van der Waals surface area contributed by atoms with E-state index in [1.54, 1.807) is 4.90 Å². The molecule has 2 rings (SSSR count). The molecule has 1 amide bonds. The highest BCUT2D eigenvalue weighted by Gasteiger charge is 2.42. The number of ether oxygens (including phenoxy) is 1. The van der Waals surface area contributed by atoms with Crippen molar-refractivity contribution < 1.29 is 9.53 Å². The van der Waals surface area contributed by atoms with Crippen LogP contribution in [-0.2, 0) is 9.53 Å². The highest BCUT2D eigenvalue weighted by atomic mass is 127. The topological polar surface area (TPSA) is 57.2 Å². The van der Waals surface area contributed by atoms with Crippen LogP contribution < -0.4 is 5.32 Å². The lowest BCUT2D eigenvalue weighted by Gasteiger charge is -2.38. The molecule has 1 aliphatic heterocycles. The molecule has 1 aliphatic carbocycles. The van der Waals surface area contributed by atoms with Crippen molar-refractivity contribution >= 4 is 35.8 Å². The quantitative estimate of drug-likeness (QED) is 0.371. The third-order valence-electron chi connectivity index (χ3n) is 5.48. The molecule has 2 fully saturated rings. The summed E-state index contributed by atoms with van der Waals surface area (Å²) in [5, 5.41) is 3.51. The minimum Gasteiger partial charge on any atom is -0.372 e. The van der Waals surface area contributed by atoms with Crippen molar-refractivity contribution in [3.05, 3.63) is 0 Å². The van der Waals surface area contributed by atoms with Gasteiger partial charge in [-0.3, -0.25) is 9.79 Å². The predicted octanol–water partition coefficient (Wildman–Crippen LogP) is 3.11. The number of piperidine rings is 1. The molecule has 1 saturated carbocycles. The second-order valence-electron chi connectivity index (χ2n) is 9.00. The molecule has 0 radical (unpaired) electrons. The SMILES string of the molecule is CN=C(NCC1(C(=O)N(C)C)CCCC1)N1CCC(OC(C)(C)C)CC1.I. The van der Waals surface area contributed by atoms with Gasteiger partial charge in [0, 0.05) is 40.8 Å².